The molecule has 0 fully saturated rings. The van der Waals surface area contributed by atoms with Crippen LogP contribution in [-0.2, 0) is 9.53 Å². The van der Waals surface area contributed by atoms with E-state index in [1.54, 1.807) is 0 Å². The Morgan fingerprint density at radius 1 is 0.941 bits per heavy atom. The van der Waals surface area contributed by atoms with E-state index in [0.717, 1.165) is 31.6 Å². The topological polar surface area (TPSA) is 26.3 Å². The minimum Gasteiger partial charge on any atom is -0.466 e. The van der Waals surface area contributed by atoms with Gasteiger partial charge < -0.3 is 4.74 Å². The summed E-state index contributed by atoms with van der Waals surface area (Å²) in [7, 11) is 0. The van der Waals surface area contributed by atoms with Gasteiger partial charge in [0.15, 0.2) is 0 Å². The van der Waals surface area contributed by atoms with E-state index in [1.165, 1.54) is 6.42 Å². The highest BCUT2D eigenvalue weighted by molar-refractivity contribution is 5.72. The average Bonchev–Trinajstić information content (AvgIpc) is 2.22. The predicted octanol–water partition coefficient (Wildman–Crippen LogP) is 4.43. The molecule has 0 aliphatic rings. The molecule has 2 nitrogen and oxygen atoms in total. The Kier molecular flexibility index (Phi) is 9.20. The highest BCUT2D eigenvalue weighted by atomic mass is 16.5. The van der Waals surface area contributed by atoms with Gasteiger partial charge in [-0.25, -0.2) is 0 Å². The molecule has 0 rings (SSSR count). The highest BCUT2D eigenvalue weighted by Gasteiger charge is 2.19. The maximum Gasteiger partial charge on any atom is 0.308 e. The van der Waals surface area contributed by atoms with Gasteiger partial charge in [0, 0.05) is 0 Å². The Hall–Kier alpha value is -0.530. The van der Waals surface area contributed by atoms with Crippen molar-refractivity contribution < 1.29 is 9.53 Å². The Morgan fingerprint density at radius 2 is 1.53 bits per heavy atom. The predicted molar refractivity (Wildman–Crippen MR) is 72.9 cm³/mol. The molecule has 17 heavy (non-hydrogen) atoms. The van der Waals surface area contributed by atoms with Crippen LogP contribution in [0.15, 0.2) is 0 Å². The SMILES string of the molecule is CCOC(=O)C(CCCC(C)C)CCC(C)C. The summed E-state index contributed by atoms with van der Waals surface area (Å²) < 4.78 is 5.15. The van der Waals surface area contributed by atoms with E-state index in [-0.39, 0.29) is 11.9 Å². The first-order valence-electron chi connectivity index (χ1n) is 7.14. The lowest BCUT2D eigenvalue weighted by molar-refractivity contribution is -0.148. The van der Waals surface area contributed by atoms with E-state index in [9.17, 15) is 4.79 Å². The first-order chi connectivity index (χ1) is 7.97. The van der Waals surface area contributed by atoms with Gasteiger partial charge in [0.25, 0.3) is 0 Å². The Balaban J connectivity index is 4.05. The molecule has 0 heterocycles. The first kappa shape index (κ1) is 16.5. The van der Waals surface area contributed by atoms with E-state index >= 15 is 0 Å². The molecule has 1 unspecified atom stereocenters. The lowest BCUT2D eigenvalue weighted by Crippen LogP contribution is -2.18. The van der Waals surface area contributed by atoms with Gasteiger partial charge in [-0.1, -0.05) is 47.0 Å². The molecule has 0 bridgehead atoms. The molecule has 0 amide bonds. The van der Waals surface area contributed by atoms with E-state index in [4.69, 9.17) is 4.74 Å². The van der Waals surface area contributed by atoms with Crippen LogP contribution < -0.4 is 0 Å². The summed E-state index contributed by atoms with van der Waals surface area (Å²) in [6.45, 7) is 11.3. The van der Waals surface area contributed by atoms with Crippen LogP contribution in [0.2, 0.25) is 0 Å². The summed E-state index contributed by atoms with van der Waals surface area (Å²) in [5.41, 5.74) is 0. The summed E-state index contributed by atoms with van der Waals surface area (Å²) in [6.07, 6.45) is 5.43. The molecular weight excluding hydrogens is 212 g/mol. The second kappa shape index (κ2) is 9.49. The van der Waals surface area contributed by atoms with Crippen LogP contribution in [0.1, 0.15) is 66.7 Å². The fourth-order valence-electron chi connectivity index (χ4n) is 1.95. The number of carbonyl (C=O) groups excluding carboxylic acids is 1. The molecule has 0 saturated heterocycles. The zero-order valence-electron chi connectivity index (χ0n) is 12.3. The van der Waals surface area contributed by atoms with E-state index in [0.29, 0.717) is 12.5 Å². The molecule has 0 radical (unpaired) electrons. The molecule has 102 valence electrons. The molecular formula is C15H30O2. The molecule has 0 N–H and O–H groups in total. The molecule has 2 heteroatoms. The molecule has 0 aliphatic carbocycles. The number of hydrogen-bond acceptors (Lipinski definition) is 2. The Bertz CT molecular complexity index is 197. The lowest BCUT2D eigenvalue weighted by Gasteiger charge is -2.17. The van der Waals surface area contributed by atoms with Gasteiger partial charge in [-0.3, -0.25) is 4.79 Å². The summed E-state index contributed by atoms with van der Waals surface area (Å²) >= 11 is 0. The third kappa shape index (κ3) is 9.20. The maximum atomic E-state index is 11.8. The maximum absolute atomic E-state index is 11.8. The summed E-state index contributed by atoms with van der Waals surface area (Å²) in [5, 5.41) is 0. The minimum absolute atomic E-state index is 0.0110. The van der Waals surface area contributed by atoms with Gasteiger partial charge >= 0.3 is 5.97 Å². The normalized spacial score (nSPS) is 13.1. The van der Waals surface area contributed by atoms with Gasteiger partial charge in [0.2, 0.25) is 0 Å². The molecule has 0 aromatic heterocycles. The first-order valence-corrected chi connectivity index (χ1v) is 7.14. The molecule has 0 spiro atoms. The van der Waals surface area contributed by atoms with Gasteiger partial charge in [-0.15, -0.1) is 0 Å². The van der Waals surface area contributed by atoms with Crippen molar-refractivity contribution in [2.24, 2.45) is 17.8 Å². The second-order valence-electron chi connectivity index (χ2n) is 5.74. The van der Waals surface area contributed by atoms with Gasteiger partial charge in [0.05, 0.1) is 12.5 Å². The van der Waals surface area contributed by atoms with Crippen molar-refractivity contribution in [3.63, 3.8) is 0 Å². The van der Waals surface area contributed by atoms with Crippen LogP contribution in [0.4, 0.5) is 0 Å². The van der Waals surface area contributed by atoms with Gasteiger partial charge in [0.1, 0.15) is 0 Å². The third-order valence-corrected chi connectivity index (χ3v) is 3.05. The summed E-state index contributed by atoms with van der Waals surface area (Å²) in [4.78, 5) is 11.8. The smallest absolute Gasteiger partial charge is 0.308 e. The number of ether oxygens (including phenoxy) is 1. The van der Waals surface area contributed by atoms with Crippen LogP contribution in [0, 0.1) is 17.8 Å². The fraction of sp³-hybridized carbons (Fsp3) is 0.933. The number of hydrogen-bond donors (Lipinski definition) is 0. The van der Waals surface area contributed by atoms with Crippen molar-refractivity contribution in [2.75, 3.05) is 6.61 Å². The standard InChI is InChI=1S/C15H30O2/c1-6-17-15(16)14(11-10-13(4)5)9-7-8-12(2)3/h12-14H,6-11H2,1-5H3. The zero-order chi connectivity index (χ0) is 13.3. The van der Waals surface area contributed by atoms with Crippen LogP contribution >= 0.6 is 0 Å². The molecule has 0 aliphatic heterocycles. The third-order valence-electron chi connectivity index (χ3n) is 3.05. The Morgan fingerprint density at radius 3 is 2.00 bits per heavy atom. The minimum atomic E-state index is 0.0110. The van der Waals surface area contributed by atoms with E-state index < -0.39 is 0 Å². The van der Waals surface area contributed by atoms with Crippen LogP contribution in [-0.4, -0.2) is 12.6 Å². The van der Waals surface area contributed by atoms with Gasteiger partial charge in [-0.2, -0.15) is 0 Å². The number of carbonyl (C=O) groups is 1. The highest BCUT2D eigenvalue weighted by Crippen LogP contribution is 2.21. The molecule has 0 aromatic rings. The average molecular weight is 242 g/mol. The summed E-state index contributed by atoms with van der Waals surface area (Å²) in [5.74, 6) is 1.52. The van der Waals surface area contributed by atoms with Crippen molar-refractivity contribution in [1.82, 2.24) is 0 Å². The van der Waals surface area contributed by atoms with Gasteiger partial charge in [-0.05, 0) is 31.6 Å². The monoisotopic (exact) mass is 242 g/mol. The Labute approximate surface area is 107 Å². The van der Waals surface area contributed by atoms with E-state index in [2.05, 4.69) is 27.7 Å². The fourth-order valence-corrected chi connectivity index (χ4v) is 1.95. The van der Waals surface area contributed by atoms with E-state index in [1.807, 2.05) is 6.92 Å². The molecule has 0 saturated carbocycles. The van der Waals surface area contributed by atoms with Crippen LogP contribution in [0.3, 0.4) is 0 Å². The number of esters is 1. The molecule has 1 atom stereocenters. The second-order valence-corrected chi connectivity index (χ2v) is 5.74. The van der Waals surface area contributed by atoms with Crippen molar-refractivity contribution in [1.29, 1.82) is 0 Å². The quantitative estimate of drug-likeness (QED) is 0.559. The van der Waals surface area contributed by atoms with Crippen LogP contribution in [0.5, 0.6) is 0 Å². The van der Waals surface area contributed by atoms with Crippen molar-refractivity contribution >= 4 is 5.97 Å². The largest absolute Gasteiger partial charge is 0.466 e. The molecule has 0 aromatic carbocycles. The summed E-state index contributed by atoms with van der Waals surface area (Å²) in [6, 6.07) is 0. The van der Waals surface area contributed by atoms with Crippen LogP contribution in [0.25, 0.3) is 0 Å². The lowest BCUT2D eigenvalue weighted by atomic mass is 9.92. The van der Waals surface area contributed by atoms with Crippen molar-refractivity contribution in [3.8, 4) is 0 Å². The zero-order valence-corrected chi connectivity index (χ0v) is 12.3. The van der Waals surface area contributed by atoms with Crippen molar-refractivity contribution in [3.05, 3.63) is 0 Å². The number of rotatable bonds is 9. The van der Waals surface area contributed by atoms with Crippen molar-refractivity contribution in [2.45, 2.75) is 66.7 Å².